The molecule has 20 heavy (non-hydrogen) atoms. The van der Waals surface area contributed by atoms with Crippen LogP contribution in [0.25, 0.3) is 0 Å². The lowest BCUT2D eigenvalue weighted by Gasteiger charge is -2.19. The van der Waals surface area contributed by atoms with Gasteiger partial charge in [0.1, 0.15) is 11.5 Å². The van der Waals surface area contributed by atoms with Crippen molar-refractivity contribution >= 4 is 5.97 Å². The first-order valence-electron chi connectivity index (χ1n) is 6.56. The third-order valence-electron chi connectivity index (χ3n) is 3.01. The average molecular weight is 282 g/mol. The monoisotopic (exact) mass is 282 g/mol. The predicted octanol–water partition coefficient (Wildman–Crippen LogP) is 2.42. The molecule has 1 aromatic rings. The summed E-state index contributed by atoms with van der Waals surface area (Å²) >= 11 is 0. The Labute approximate surface area is 119 Å². The van der Waals surface area contributed by atoms with Gasteiger partial charge in [-0.05, 0) is 24.5 Å². The Morgan fingerprint density at radius 1 is 1.15 bits per heavy atom. The van der Waals surface area contributed by atoms with Crippen LogP contribution >= 0.6 is 0 Å². The van der Waals surface area contributed by atoms with Crippen molar-refractivity contribution in [3.63, 3.8) is 0 Å². The summed E-state index contributed by atoms with van der Waals surface area (Å²) in [6.07, 6.45) is -1.37. The summed E-state index contributed by atoms with van der Waals surface area (Å²) in [4.78, 5) is 11.7. The molecular weight excluding hydrogens is 260 g/mol. The van der Waals surface area contributed by atoms with Gasteiger partial charge in [0.15, 0.2) is 6.10 Å². The molecule has 1 N–H and O–H groups in total. The standard InChI is InChI=1S/C15H22O5/c1-6-20-15(17)14(16)11-7-10(9(2)3)12(18-4)8-13(11)19-5/h7-9,14,16H,6H2,1-5H3. The van der Waals surface area contributed by atoms with E-state index in [0.29, 0.717) is 17.1 Å². The van der Waals surface area contributed by atoms with E-state index in [-0.39, 0.29) is 12.5 Å². The van der Waals surface area contributed by atoms with Crippen LogP contribution in [0.1, 0.15) is 43.9 Å². The number of benzene rings is 1. The van der Waals surface area contributed by atoms with Crippen molar-refractivity contribution in [3.05, 3.63) is 23.3 Å². The van der Waals surface area contributed by atoms with Crippen LogP contribution in [0, 0.1) is 0 Å². The Kier molecular flexibility index (Phi) is 5.82. The van der Waals surface area contributed by atoms with Crippen LogP contribution in [0.4, 0.5) is 0 Å². The number of aliphatic hydroxyl groups excluding tert-OH is 1. The molecule has 1 atom stereocenters. The third kappa shape index (κ3) is 3.42. The highest BCUT2D eigenvalue weighted by molar-refractivity contribution is 5.77. The van der Waals surface area contributed by atoms with Gasteiger partial charge in [-0.1, -0.05) is 13.8 Å². The number of hydrogen-bond acceptors (Lipinski definition) is 5. The van der Waals surface area contributed by atoms with E-state index in [1.807, 2.05) is 13.8 Å². The summed E-state index contributed by atoms with van der Waals surface area (Å²) in [5, 5.41) is 10.1. The SMILES string of the molecule is CCOC(=O)C(O)c1cc(C(C)C)c(OC)cc1OC. The normalized spacial score (nSPS) is 12.2. The van der Waals surface area contributed by atoms with Gasteiger partial charge < -0.3 is 19.3 Å². The van der Waals surface area contributed by atoms with Crippen LogP contribution in [-0.4, -0.2) is 31.9 Å². The van der Waals surface area contributed by atoms with E-state index >= 15 is 0 Å². The minimum atomic E-state index is -1.37. The highest BCUT2D eigenvalue weighted by Crippen LogP contribution is 2.36. The molecule has 1 unspecified atom stereocenters. The van der Waals surface area contributed by atoms with Crippen molar-refractivity contribution in [1.82, 2.24) is 0 Å². The fourth-order valence-electron chi connectivity index (χ4n) is 1.96. The number of ether oxygens (including phenoxy) is 3. The van der Waals surface area contributed by atoms with Gasteiger partial charge in [0.05, 0.1) is 20.8 Å². The Hall–Kier alpha value is -1.75. The lowest BCUT2D eigenvalue weighted by atomic mass is 9.96. The molecule has 1 aromatic carbocycles. The summed E-state index contributed by atoms with van der Waals surface area (Å²) in [5.74, 6) is 0.554. The smallest absolute Gasteiger partial charge is 0.339 e. The number of aliphatic hydroxyl groups is 1. The van der Waals surface area contributed by atoms with E-state index in [1.54, 1.807) is 26.2 Å². The number of rotatable bonds is 6. The second-order valence-corrected chi connectivity index (χ2v) is 4.65. The molecule has 0 heterocycles. The van der Waals surface area contributed by atoms with Gasteiger partial charge >= 0.3 is 5.97 Å². The lowest BCUT2D eigenvalue weighted by Crippen LogP contribution is -2.16. The average Bonchev–Trinajstić information content (AvgIpc) is 2.44. The molecule has 0 fully saturated rings. The fourth-order valence-corrected chi connectivity index (χ4v) is 1.96. The zero-order valence-electron chi connectivity index (χ0n) is 12.6. The number of esters is 1. The van der Waals surface area contributed by atoms with Gasteiger partial charge in [0.25, 0.3) is 0 Å². The fraction of sp³-hybridized carbons (Fsp3) is 0.533. The van der Waals surface area contributed by atoms with Crippen LogP contribution in [0.2, 0.25) is 0 Å². The van der Waals surface area contributed by atoms with E-state index in [2.05, 4.69) is 0 Å². The molecule has 0 aliphatic heterocycles. The molecule has 0 bridgehead atoms. The number of carbonyl (C=O) groups excluding carboxylic acids is 1. The molecule has 0 saturated heterocycles. The topological polar surface area (TPSA) is 65.0 Å². The quantitative estimate of drug-likeness (QED) is 0.812. The van der Waals surface area contributed by atoms with Gasteiger partial charge in [0.2, 0.25) is 0 Å². The van der Waals surface area contributed by atoms with E-state index in [4.69, 9.17) is 14.2 Å². The van der Waals surface area contributed by atoms with Crippen LogP contribution in [0.5, 0.6) is 11.5 Å². The number of methoxy groups -OCH3 is 2. The van der Waals surface area contributed by atoms with Crippen LogP contribution < -0.4 is 9.47 Å². The molecule has 0 radical (unpaired) electrons. The maximum atomic E-state index is 11.7. The molecule has 0 aliphatic rings. The molecular formula is C15H22O5. The van der Waals surface area contributed by atoms with Crippen LogP contribution in [-0.2, 0) is 9.53 Å². The van der Waals surface area contributed by atoms with Crippen molar-refractivity contribution in [3.8, 4) is 11.5 Å². The number of hydrogen-bond donors (Lipinski definition) is 1. The summed E-state index contributed by atoms with van der Waals surface area (Å²) in [6.45, 7) is 5.91. The highest BCUT2D eigenvalue weighted by Gasteiger charge is 2.25. The van der Waals surface area contributed by atoms with E-state index in [1.165, 1.54) is 7.11 Å². The molecule has 0 saturated carbocycles. The first-order chi connectivity index (χ1) is 9.46. The molecule has 0 aromatic heterocycles. The maximum Gasteiger partial charge on any atom is 0.339 e. The summed E-state index contributed by atoms with van der Waals surface area (Å²) in [5.41, 5.74) is 1.28. The van der Waals surface area contributed by atoms with Crippen LogP contribution in [0.15, 0.2) is 12.1 Å². The van der Waals surface area contributed by atoms with E-state index < -0.39 is 12.1 Å². The summed E-state index contributed by atoms with van der Waals surface area (Å²) < 4.78 is 15.4. The first kappa shape index (κ1) is 16.3. The zero-order valence-corrected chi connectivity index (χ0v) is 12.6. The van der Waals surface area contributed by atoms with Gasteiger partial charge in [-0.25, -0.2) is 4.79 Å². The van der Waals surface area contributed by atoms with Crippen molar-refractivity contribution in [2.45, 2.75) is 32.8 Å². The van der Waals surface area contributed by atoms with Gasteiger partial charge in [-0.2, -0.15) is 0 Å². The Morgan fingerprint density at radius 3 is 2.15 bits per heavy atom. The molecule has 5 heteroatoms. The molecule has 5 nitrogen and oxygen atoms in total. The maximum absolute atomic E-state index is 11.7. The van der Waals surface area contributed by atoms with Crippen molar-refractivity contribution < 1.29 is 24.1 Å². The lowest BCUT2D eigenvalue weighted by molar-refractivity contribution is -0.153. The molecule has 0 amide bonds. The van der Waals surface area contributed by atoms with Crippen molar-refractivity contribution in [1.29, 1.82) is 0 Å². The van der Waals surface area contributed by atoms with Crippen LogP contribution in [0.3, 0.4) is 0 Å². The second kappa shape index (κ2) is 7.14. The highest BCUT2D eigenvalue weighted by atomic mass is 16.5. The minimum Gasteiger partial charge on any atom is -0.496 e. The van der Waals surface area contributed by atoms with Crippen molar-refractivity contribution in [2.75, 3.05) is 20.8 Å². The van der Waals surface area contributed by atoms with Gasteiger partial charge in [0, 0.05) is 11.6 Å². The van der Waals surface area contributed by atoms with Gasteiger partial charge in [-0.15, -0.1) is 0 Å². The number of carbonyl (C=O) groups is 1. The minimum absolute atomic E-state index is 0.184. The largest absolute Gasteiger partial charge is 0.496 e. The van der Waals surface area contributed by atoms with E-state index in [9.17, 15) is 9.90 Å². The summed E-state index contributed by atoms with van der Waals surface area (Å²) in [7, 11) is 3.05. The molecule has 0 spiro atoms. The predicted molar refractivity (Wildman–Crippen MR) is 75.2 cm³/mol. The van der Waals surface area contributed by atoms with Crippen molar-refractivity contribution in [2.24, 2.45) is 0 Å². The second-order valence-electron chi connectivity index (χ2n) is 4.65. The molecule has 1 rings (SSSR count). The Morgan fingerprint density at radius 2 is 1.70 bits per heavy atom. The Bertz CT molecular complexity index is 468. The van der Waals surface area contributed by atoms with Gasteiger partial charge in [-0.3, -0.25) is 0 Å². The Balaban J connectivity index is 3.30. The summed E-state index contributed by atoms with van der Waals surface area (Å²) in [6, 6.07) is 3.40. The third-order valence-corrected chi connectivity index (χ3v) is 3.01. The molecule has 0 aliphatic carbocycles. The zero-order chi connectivity index (χ0) is 15.3. The van der Waals surface area contributed by atoms with E-state index in [0.717, 1.165) is 5.56 Å². The molecule has 112 valence electrons. The first-order valence-corrected chi connectivity index (χ1v) is 6.56.